The Morgan fingerprint density at radius 3 is 2.74 bits per heavy atom. The summed E-state index contributed by atoms with van der Waals surface area (Å²) in [5, 5.41) is 4.15. The van der Waals surface area contributed by atoms with E-state index >= 15 is 0 Å². The topological polar surface area (TPSA) is 36.9 Å². The van der Waals surface area contributed by atoms with E-state index in [4.69, 9.17) is 4.74 Å². The minimum Gasteiger partial charge on any atom is -0.377 e. The molecule has 0 spiro atoms. The van der Waals surface area contributed by atoms with Gasteiger partial charge >= 0.3 is 0 Å². The number of rotatable bonds is 4. The van der Waals surface area contributed by atoms with Crippen molar-refractivity contribution < 1.29 is 4.74 Å². The standard InChI is InChI=1S/C13H27N3OS.HI/c1-6-11-9-16(7-8-18-11)12(14-4)15-10-13(2,3)17-5;/h11H,6-10H2,1-5H3,(H,14,15);1H. The van der Waals surface area contributed by atoms with Crippen molar-refractivity contribution in [3.8, 4) is 0 Å². The molecule has 1 saturated heterocycles. The Morgan fingerprint density at radius 1 is 1.53 bits per heavy atom. The van der Waals surface area contributed by atoms with Gasteiger partial charge in [0.1, 0.15) is 0 Å². The number of hydrogen-bond acceptors (Lipinski definition) is 3. The van der Waals surface area contributed by atoms with Crippen LogP contribution in [0.15, 0.2) is 4.99 Å². The molecular weight excluding hydrogens is 373 g/mol. The van der Waals surface area contributed by atoms with Crippen LogP contribution >= 0.6 is 35.7 Å². The molecule has 0 saturated carbocycles. The third-order valence-corrected chi connectivity index (χ3v) is 4.70. The van der Waals surface area contributed by atoms with Crippen molar-refractivity contribution in [3.05, 3.63) is 0 Å². The Labute approximate surface area is 139 Å². The van der Waals surface area contributed by atoms with E-state index in [0.29, 0.717) is 0 Å². The van der Waals surface area contributed by atoms with Gasteiger partial charge in [-0.05, 0) is 20.3 Å². The van der Waals surface area contributed by atoms with E-state index in [2.05, 4.69) is 47.7 Å². The zero-order valence-electron chi connectivity index (χ0n) is 12.7. The zero-order valence-corrected chi connectivity index (χ0v) is 15.9. The molecule has 1 aliphatic rings. The van der Waals surface area contributed by atoms with Crippen LogP contribution < -0.4 is 5.32 Å². The van der Waals surface area contributed by atoms with E-state index in [9.17, 15) is 0 Å². The van der Waals surface area contributed by atoms with Gasteiger partial charge in [0.2, 0.25) is 0 Å². The van der Waals surface area contributed by atoms with Gasteiger partial charge in [-0.15, -0.1) is 24.0 Å². The van der Waals surface area contributed by atoms with Gasteiger partial charge in [0, 0.05) is 44.8 Å². The molecule has 19 heavy (non-hydrogen) atoms. The average Bonchev–Trinajstić information content (AvgIpc) is 2.39. The molecule has 114 valence electrons. The number of nitrogens with zero attached hydrogens (tertiary/aromatic N) is 2. The second-order valence-corrected chi connectivity index (χ2v) is 6.62. The molecule has 1 heterocycles. The van der Waals surface area contributed by atoms with Crippen molar-refractivity contribution in [2.45, 2.75) is 38.0 Å². The average molecular weight is 401 g/mol. The van der Waals surface area contributed by atoms with Crippen molar-refractivity contribution in [2.24, 2.45) is 4.99 Å². The van der Waals surface area contributed by atoms with E-state index < -0.39 is 0 Å². The minimum absolute atomic E-state index is 0. The van der Waals surface area contributed by atoms with Gasteiger partial charge in [-0.1, -0.05) is 6.92 Å². The number of aliphatic imine (C=N–C) groups is 1. The Bertz CT molecular complexity index is 287. The van der Waals surface area contributed by atoms with Gasteiger partial charge in [-0.25, -0.2) is 0 Å². The minimum atomic E-state index is -0.162. The van der Waals surface area contributed by atoms with E-state index in [1.165, 1.54) is 12.2 Å². The zero-order chi connectivity index (χ0) is 13.6. The van der Waals surface area contributed by atoms with Crippen LogP contribution in [0.25, 0.3) is 0 Å². The Hall–Kier alpha value is 0.310. The summed E-state index contributed by atoms with van der Waals surface area (Å²) >= 11 is 2.07. The van der Waals surface area contributed by atoms with Crippen LogP contribution in [0, 0.1) is 0 Å². The second kappa shape index (κ2) is 9.28. The van der Waals surface area contributed by atoms with Gasteiger partial charge in [-0.3, -0.25) is 4.99 Å². The molecule has 0 aromatic rings. The van der Waals surface area contributed by atoms with Crippen LogP contribution in [0.4, 0.5) is 0 Å². The number of methoxy groups -OCH3 is 1. The molecule has 1 N–H and O–H groups in total. The molecule has 1 aliphatic heterocycles. The lowest BCUT2D eigenvalue weighted by molar-refractivity contribution is 0.0263. The fourth-order valence-electron chi connectivity index (χ4n) is 1.86. The summed E-state index contributed by atoms with van der Waals surface area (Å²) in [4.78, 5) is 6.74. The predicted octanol–water partition coefficient (Wildman–Crippen LogP) is 2.43. The van der Waals surface area contributed by atoms with Gasteiger partial charge in [0.05, 0.1) is 5.60 Å². The highest BCUT2D eigenvalue weighted by Crippen LogP contribution is 2.21. The van der Waals surface area contributed by atoms with E-state index in [-0.39, 0.29) is 29.6 Å². The van der Waals surface area contributed by atoms with E-state index in [1.807, 2.05) is 7.05 Å². The van der Waals surface area contributed by atoms with Gasteiger partial charge < -0.3 is 15.0 Å². The van der Waals surface area contributed by atoms with E-state index in [1.54, 1.807) is 7.11 Å². The molecule has 0 bridgehead atoms. The lowest BCUT2D eigenvalue weighted by Gasteiger charge is -2.35. The normalized spacial score (nSPS) is 21.0. The van der Waals surface area contributed by atoms with Crippen molar-refractivity contribution in [2.75, 3.05) is 39.5 Å². The van der Waals surface area contributed by atoms with Gasteiger partial charge in [0.25, 0.3) is 0 Å². The molecule has 0 amide bonds. The first-order valence-corrected chi connectivity index (χ1v) is 7.69. The lowest BCUT2D eigenvalue weighted by Crippen LogP contribution is -2.51. The fourth-order valence-corrected chi connectivity index (χ4v) is 3.04. The van der Waals surface area contributed by atoms with Gasteiger partial charge in [-0.2, -0.15) is 11.8 Å². The highest BCUT2D eigenvalue weighted by Gasteiger charge is 2.23. The quantitative estimate of drug-likeness (QED) is 0.446. The van der Waals surface area contributed by atoms with Gasteiger partial charge in [0.15, 0.2) is 5.96 Å². The molecular formula is C13H28IN3OS. The van der Waals surface area contributed by atoms with Crippen molar-refractivity contribution >= 4 is 41.7 Å². The smallest absolute Gasteiger partial charge is 0.193 e. The molecule has 0 radical (unpaired) electrons. The van der Waals surface area contributed by atoms with Crippen molar-refractivity contribution in [3.63, 3.8) is 0 Å². The number of nitrogens with one attached hydrogen (secondary N) is 1. The maximum Gasteiger partial charge on any atom is 0.193 e. The van der Waals surface area contributed by atoms with Crippen LogP contribution in [0.2, 0.25) is 0 Å². The van der Waals surface area contributed by atoms with Crippen molar-refractivity contribution in [1.29, 1.82) is 0 Å². The number of thioether (sulfide) groups is 1. The SMILES string of the molecule is CCC1CN(C(=NC)NCC(C)(C)OC)CCS1.I. The molecule has 0 aromatic carbocycles. The Kier molecular flexibility index (Phi) is 9.43. The van der Waals surface area contributed by atoms with Crippen LogP contribution in [-0.2, 0) is 4.74 Å². The molecule has 1 rings (SSSR count). The number of guanidine groups is 1. The molecule has 1 fully saturated rings. The summed E-state index contributed by atoms with van der Waals surface area (Å²) in [5.74, 6) is 2.19. The molecule has 0 aromatic heterocycles. The predicted molar refractivity (Wildman–Crippen MR) is 96.0 cm³/mol. The Morgan fingerprint density at radius 2 is 2.21 bits per heavy atom. The first-order valence-electron chi connectivity index (χ1n) is 6.64. The van der Waals surface area contributed by atoms with Crippen LogP contribution in [-0.4, -0.2) is 61.3 Å². The first kappa shape index (κ1) is 19.3. The van der Waals surface area contributed by atoms with E-state index in [0.717, 1.165) is 30.8 Å². The van der Waals surface area contributed by atoms with Crippen LogP contribution in [0.3, 0.4) is 0 Å². The van der Waals surface area contributed by atoms with Crippen molar-refractivity contribution in [1.82, 2.24) is 10.2 Å². The maximum atomic E-state index is 5.42. The molecule has 1 unspecified atom stereocenters. The number of hydrogen-bond donors (Lipinski definition) is 1. The third kappa shape index (κ3) is 6.53. The second-order valence-electron chi connectivity index (χ2n) is 5.21. The first-order chi connectivity index (χ1) is 8.52. The summed E-state index contributed by atoms with van der Waals surface area (Å²) in [6, 6.07) is 0. The third-order valence-electron chi connectivity index (χ3n) is 3.33. The highest BCUT2D eigenvalue weighted by molar-refractivity contribution is 14.0. The summed E-state index contributed by atoms with van der Waals surface area (Å²) < 4.78 is 5.42. The molecule has 0 aliphatic carbocycles. The maximum absolute atomic E-state index is 5.42. The number of ether oxygens (including phenoxy) is 1. The summed E-state index contributed by atoms with van der Waals surface area (Å²) in [6.45, 7) is 9.35. The molecule has 6 heteroatoms. The lowest BCUT2D eigenvalue weighted by atomic mass is 10.1. The monoisotopic (exact) mass is 401 g/mol. The van der Waals surface area contributed by atoms with Crippen LogP contribution in [0.1, 0.15) is 27.2 Å². The summed E-state index contributed by atoms with van der Waals surface area (Å²) in [7, 11) is 3.60. The van der Waals surface area contributed by atoms with Crippen LogP contribution in [0.5, 0.6) is 0 Å². The largest absolute Gasteiger partial charge is 0.377 e. The highest BCUT2D eigenvalue weighted by atomic mass is 127. The number of halogens is 1. The Balaban J connectivity index is 0.00000324. The fraction of sp³-hybridized carbons (Fsp3) is 0.923. The molecule has 1 atom stereocenters. The summed E-state index contributed by atoms with van der Waals surface area (Å²) in [6.07, 6.45) is 1.22. The summed E-state index contributed by atoms with van der Waals surface area (Å²) in [5.41, 5.74) is -0.162. The molecule has 4 nitrogen and oxygen atoms in total.